The molecule has 3 N–H and O–H groups in total. The maximum atomic E-state index is 5.64. The predicted molar refractivity (Wildman–Crippen MR) is 73.9 cm³/mol. The summed E-state index contributed by atoms with van der Waals surface area (Å²) in [6, 6.07) is 6.46. The van der Waals surface area contributed by atoms with E-state index in [-0.39, 0.29) is 6.04 Å². The van der Waals surface area contributed by atoms with E-state index in [1.165, 1.54) is 24.8 Å². The monoisotopic (exact) mass is 346 g/mol. The van der Waals surface area contributed by atoms with E-state index >= 15 is 0 Å². The first-order chi connectivity index (χ1) is 7.70. The summed E-state index contributed by atoms with van der Waals surface area (Å²) < 4.78 is 2.21. The molecule has 2 nitrogen and oxygen atoms in total. The van der Waals surface area contributed by atoms with E-state index in [1.807, 2.05) is 6.07 Å². The van der Waals surface area contributed by atoms with Gasteiger partial charge in [-0.25, -0.2) is 0 Å². The van der Waals surface area contributed by atoms with Gasteiger partial charge in [-0.05, 0) is 42.5 Å². The van der Waals surface area contributed by atoms with Crippen molar-refractivity contribution in [2.75, 3.05) is 0 Å². The van der Waals surface area contributed by atoms with Crippen LogP contribution in [0, 0.1) is 5.92 Å². The first kappa shape index (κ1) is 12.6. The number of benzene rings is 1. The highest BCUT2D eigenvalue weighted by molar-refractivity contribution is 9.11. The zero-order chi connectivity index (χ0) is 11.5. The lowest BCUT2D eigenvalue weighted by Gasteiger charge is -2.18. The summed E-state index contributed by atoms with van der Waals surface area (Å²) in [4.78, 5) is 0. The van der Waals surface area contributed by atoms with Gasteiger partial charge in [0.2, 0.25) is 0 Å². The van der Waals surface area contributed by atoms with Crippen LogP contribution >= 0.6 is 31.9 Å². The summed E-state index contributed by atoms with van der Waals surface area (Å²) >= 11 is 7.07. The van der Waals surface area contributed by atoms with Crippen LogP contribution in [-0.4, -0.2) is 0 Å². The highest BCUT2D eigenvalue weighted by Gasteiger charge is 2.23. The van der Waals surface area contributed by atoms with Crippen LogP contribution in [0.15, 0.2) is 27.1 Å². The molecule has 1 aliphatic carbocycles. The summed E-state index contributed by atoms with van der Waals surface area (Å²) in [6.07, 6.45) is 5.18. The molecule has 4 heteroatoms. The molecule has 0 saturated heterocycles. The van der Waals surface area contributed by atoms with Crippen molar-refractivity contribution < 1.29 is 0 Å². The number of hydrogen-bond acceptors (Lipinski definition) is 2. The highest BCUT2D eigenvalue weighted by Crippen LogP contribution is 2.37. The van der Waals surface area contributed by atoms with Gasteiger partial charge in [-0.1, -0.05) is 44.7 Å². The van der Waals surface area contributed by atoms with Crippen molar-refractivity contribution in [3.8, 4) is 0 Å². The van der Waals surface area contributed by atoms with Crippen LogP contribution < -0.4 is 11.3 Å². The third-order valence-electron chi connectivity index (χ3n) is 3.10. The Morgan fingerprint density at radius 2 is 2.12 bits per heavy atom. The number of nitrogens with two attached hydrogens (primary N) is 1. The molecule has 1 aromatic carbocycles. The second kappa shape index (κ2) is 5.63. The molecule has 1 aliphatic rings. The van der Waals surface area contributed by atoms with Crippen LogP contribution in [0.25, 0.3) is 0 Å². The minimum absolute atomic E-state index is 0.243. The van der Waals surface area contributed by atoms with Crippen LogP contribution in [-0.2, 0) is 0 Å². The van der Waals surface area contributed by atoms with Gasteiger partial charge in [-0.3, -0.25) is 11.3 Å². The van der Waals surface area contributed by atoms with E-state index in [2.05, 4.69) is 49.4 Å². The molecule has 2 rings (SSSR count). The van der Waals surface area contributed by atoms with E-state index in [0.29, 0.717) is 0 Å². The summed E-state index contributed by atoms with van der Waals surface area (Å²) in [5, 5.41) is 0. The molecular formula is C12H16Br2N2. The van der Waals surface area contributed by atoms with Crippen LogP contribution in [0.1, 0.15) is 37.3 Å². The Kier molecular flexibility index (Phi) is 4.41. The fraction of sp³-hybridized carbons (Fsp3) is 0.500. The topological polar surface area (TPSA) is 38.0 Å². The number of halogens is 2. The molecule has 88 valence electrons. The van der Waals surface area contributed by atoms with Gasteiger partial charge < -0.3 is 0 Å². The fourth-order valence-electron chi connectivity index (χ4n) is 1.92. The van der Waals surface area contributed by atoms with Gasteiger partial charge in [-0.2, -0.15) is 0 Å². The molecule has 16 heavy (non-hydrogen) atoms. The number of rotatable bonds is 5. The van der Waals surface area contributed by atoms with Gasteiger partial charge in [0.1, 0.15) is 0 Å². The molecule has 0 amide bonds. The highest BCUT2D eigenvalue weighted by atomic mass is 79.9. The summed E-state index contributed by atoms with van der Waals surface area (Å²) in [7, 11) is 0. The Bertz CT molecular complexity index is 364. The number of hydrazine groups is 1. The standard InChI is InChI=1S/C12H16Br2N2/c13-9-4-5-11(14)10(7-9)12(16-15)6-3-8-1-2-8/h4-5,7-8,12,16H,1-3,6,15H2. The van der Waals surface area contributed by atoms with Crippen LogP contribution in [0.3, 0.4) is 0 Å². The largest absolute Gasteiger partial charge is 0.271 e. The van der Waals surface area contributed by atoms with Gasteiger partial charge in [-0.15, -0.1) is 0 Å². The van der Waals surface area contributed by atoms with Gasteiger partial charge in [0, 0.05) is 15.0 Å². The van der Waals surface area contributed by atoms with Crippen molar-refractivity contribution in [2.45, 2.75) is 31.7 Å². The minimum atomic E-state index is 0.243. The average Bonchev–Trinajstić information content (AvgIpc) is 3.07. The molecule has 1 unspecified atom stereocenters. The van der Waals surface area contributed by atoms with Crippen molar-refractivity contribution in [1.82, 2.24) is 5.43 Å². The summed E-state index contributed by atoms with van der Waals surface area (Å²) in [6.45, 7) is 0. The third-order valence-corrected chi connectivity index (χ3v) is 4.31. The van der Waals surface area contributed by atoms with Crippen molar-refractivity contribution in [3.63, 3.8) is 0 Å². The zero-order valence-corrected chi connectivity index (χ0v) is 12.2. The third kappa shape index (κ3) is 3.29. The normalized spacial score (nSPS) is 17.4. The predicted octanol–water partition coefficient (Wildman–Crippen LogP) is 3.91. The first-order valence-corrected chi connectivity index (χ1v) is 7.20. The Hall–Kier alpha value is 0.1000. The Morgan fingerprint density at radius 1 is 1.38 bits per heavy atom. The quantitative estimate of drug-likeness (QED) is 0.626. The van der Waals surface area contributed by atoms with Crippen LogP contribution in [0.4, 0.5) is 0 Å². The Morgan fingerprint density at radius 3 is 2.75 bits per heavy atom. The molecule has 0 aliphatic heterocycles. The molecule has 0 bridgehead atoms. The first-order valence-electron chi connectivity index (χ1n) is 5.62. The van der Waals surface area contributed by atoms with E-state index in [9.17, 15) is 0 Å². The van der Waals surface area contributed by atoms with E-state index in [4.69, 9.17) is 5.84 Å². The molecular weight excluding hydrogens is 332 g/mol. The lowest BCUT2D eigenvalue weighted by Crippen LogP contribution is -2.28. The summed E-state index contributed by atoms with van der Waals surface area (Å²) in [5.41, 5.74) is 4.15. The van der Waals surface area contributed by atoms with Crippen LogP contribution in [0.2, 0.25) is 0 Å². The molecule has 0 spiro atoms. The molecule has 1 aromatic rings. The lowest BCUT2D eigenvalue weighted by molar-refractivity contribution is 0.480. The molecule has 1 saturated carbocycles. The maximum Gasteiger partial charge on any atom is 0.0471 e. The molecule has 0 aromatic heterocycles. The van der Waals surface area contributed by atoms with Gasteiger partial charge in [0.05, 0.1) is 0 Å². The molecule has 1 fully saturated rings. The molecule has 0 heterocycles. The molecule has 0 radical (unpaired) electrons. The smallest absolute Gasteiger partial charge is 0.0471 e. The number of nitrogens with one attached hydrogen (secondary N) is 1. The SMILES string of the molecule is NNC(CCC1CC1)c1cc(Br)ccc1Br. The van der Waals surface area contributed by atoms with Crippen molar-refractivity contribution >= 4 is 31.9 Å². The van der Waals surface area contributed by atoms with Gasteiger partial charge in [0.15, 0.2) is 0 Å². The lowest BCUT2D eigenvalue weighted by atomic mass is 10.0. The zero-order valence-electron chi connectivity index (χ0n) is 9.05. The fourth-order valence-corrected chi connectivity index (χ4v) is 2.82. The molecule has 1 atom stereocenters. The van der Waals surface area contributed by atoms with Crippen molar-refractivity contribution in [1.29, 1.82) is 0 Å². The Labute approximate surface area is 113 Å². The number of hydrogen-bond donors (Lipinski definition) is 2. The van der Waals surface area contributed by atoms with E-state index in [0.717, 1.165) is 21.3 Å². The van der Waals surface area contributed by atoms with Crippen molar-refractivity contribution in [2.24, 2.45) is 11.8 Å². The Balaban J connectivity index is 2.07. The van der Waals surface area contributed by atoms with Gasteiger partial charge in [0.25, 0.3) is 0 Å². The summed E-state index contributed by atoms with van der Waals surface area (Å²) in [5.74, 6) is 6.59. The second-order valence-electron chi connectivity index (χ2n) is 4.41. The van der Waals surface area contributed by atoms with Crippen molar-refractivity contribution in [3.05, 3.63) is 32.7 Å². The second-order valence-corrected chi connectivity index (χ2v) is 6.18. The van der Waals surface area contributed by atoms with Gasteiger partial charge >= 0.3 is 0 Å². The van der Waals surface area contributed by atoms with E-state index in [1.54, 1.807) is 0 Å². The average molecular weight is 348 g/mol. The minimum Gasteiger partial charge on any atom is -0.271 e. The van der Waals surface area contributed by atoms with Crippen LogP contribution in [0.5, 0.6) is 0 Å². The van der Waals surface area contributed by atoms with E-state index < -0.39 is 0 Å². The maximum absolute atomic E-state index is 5.64.